The van der Waals surface area contributed by atoms with Crippen LogP contribution in [-0.4, -0.2) is 19.9 Å². The van der Waals surface area contributed by atoms with E-state index in [1.165, 1.54) is 17.4 Å². The summed E-state index contributed by atoms with van der Waals surface area (Å²) in [5, 5.41) is 2.94. The molecule has 0 aliphatic heterocycles. The molecule has 0 aliphatic carbocycles. The fourth-order valence-electron chi connectivity index (χ4n) is 1.44. The molecule has 0 atom stereocenters. The van der Waals surface area contributed by atoms with Gasteiger partial charge in [0.05, 0.1) is 10.0 Å². The van der Waals surface area contributed by atoms with Gasteiger partial charge in [0, 0.05) is 29.0 Å². The predicted octanol–water partition coefficient (Wildman–Crippen LogP) is 3.08. The second kappa shape index (κ2) is 6.32. The summed E-state index contributed by atoms with van der Waals surface area (Å²) in [5.74, 6) is 0. The predicted molar refractivity (Wildman–Crippen MR) is 80.2 cm³/mol. The van der Waals surface area contributed by atoms with E-state index in [0.29, 0.717) is 13.0 Å². The molecule has 0 unspecified atom stereocenters. The largest absolute Gasteiger partial charge is 0.250 e. The van der Waals surface area contributed by atoms with Gasteiger partial charge in [0.1, 0.15) is 4.90 Å². The third-order valence-electron chi connectivity index (χ3n) is 2.30. The summed E-state index contributed by atoms with van der Waals surface area (Å²) in [5.41, 5.74) is 0. The highest BCUT2D eigenvalue weighted by Crippen LogP contribution is 2.24. The zero-order valence-corrected chi connectivity index (χ0v) is 13.6. The lowest BCUT2D eigenvalue weighted by Gasteiger charge is -2.07. The van der Waals surface area contributed by atoms with E-state index in [0.717, 1.165) is 9.48 Å². The highest BCUT2D eigenvalue weighted by atomic mass is 79.9. The van der Waals surface area contributed by atoms with E-state index >= 15 is 0 Å². The van der Waals surface area contributed by atoms with Crippen LogP contribution >= 0.6 is 38.9 Å². The van der Waals surface area contributed by atoms with Crippen LogP contribution in [0.2, 0.25) is 5.02 Å². The molecular formula is C11H10BrClN2O2S2. The molecule has 0 amide bonds. The first-order valence-corrected chi connectivity index (χ1v) is 8.85. The lowest BCUT2D eigenvalue weighted by molar-refractivity contribution is 0.581. The van der Waals surface area contributed by atoms with Gasteiger partial charge in [0.25, 0.3) is 0 Å². The topological polar surface area (TPSA) is 59.1 Å². The molecule has 1 N–H and O–H groups in total. The molecule has 102 valence electrons. The smallest absolute Gasteiger partial charge is 0.242 e. The van der Waals surface area contributed by atoms with Crippen LogP contribution in [0.4, 0.5) is 0 Å². The Balaban J connectivity index is 2.05. The standard InChI is InChI=1S/C11H10BrClN2O2S2/c12-8-1-2-10(9(13)7-8)19(16,17)15-4-3-11-14-5-6-18-11/h1-2,5-7,15H,3-4H2. The van der Waals surface area contributed by atoms with Crippen molar-refractivity contribution < 1.29 is 8.42 Å². The Morgan fingerprint density at radius 1 is 1.42 bits per heavy atom. The third kappa shape index (κ3) is 4.00. The summed E-state index contributed by atoms with van der Waals surface area (Å²) in [7, 11) is -3.59. The molecule has 8 heteroatoms. The molecule has 1 aromatic carbocycles. The maximum Gasteiger partial charge on any atom is 0.242 e. The summed E-state index contributed by atoms with van der Waals surface area (Å²) < 4.78 is 27.4. The summed E-state index contributed by atoms with van der Waals surface area (Å²) in [4.78, 5) is 4.17. The molecule has 2 aromatic rings. The second-order valence-corrected chi connectivity index (χ2v) is 7.69. The van der Waals surface area contributed by atoms with Crippen molar-refractivity contribution in [2.75, 3.05) is 6.54 Å². The van der Waals surface area contributed by atoms with Gasteiger partial charge in [0.15, 0.2) is 0 Å². The van der Waals surface area contributed by atoms with Gasteiger partial charge in [-0.05, 0) is 18.2 Å². The van der Waals surface area contributed by atoms with Crippen LogP contribution in [-0.2, 0) is 16.4 Å². The Kier molecular flexibility index (Phi) is 4.97. The van der Waals surface area contributed by atoms with E-state index < -0.39 is 10.0 Å². The van der Waals surface area contributed by atoms with Gasteiger partial charge in [-0.1, -0.05) is 27.5 Å². The molecule has 1 heterocycles. The van der Waals surface area contributed by atoms with E-state index in [1.807, 2.05) is 5.38 Å². The molecule has 0 bridgehead atoms. The fraction of sp³-hybridized carbons (Fsp3) is 0.182. The lowest BCUT2D eigenvalue weighted by atomic mass is 10.4. The Labute approximate surface area is 129 Å². The first-order valence-electron chi connectivity index (χ1n) is 5.32. The summed E-state index contributed by atoms with van der Waals surface area (Å²) in [6.45, 7) is 0.294. The van der Waals surface area contributed by atoms with Crippen LogP contribution in [0.25, 0.3) is 0 Å². The van der Waals surface area contributed by atoms with Crippen molar-refractivity contribution in [1.82, 2.24) is 9.71 Å². The molecule has 0 saturated carbocycles. The lowest BCUT2D eigenvalue weighted by Crippen LogP contribution is -2.26. The van der Waals surface area contributed by atoms with Gasteiger partial charge in [0.2, 0.25) is 10.0 Å². The summed E-state index contributed by atoms with van der Waals surface area (Å²) in [6.07, 6.45) is 2.26. The first-order chi connectivity index (χ1) is 8.99. The molecule has 0 radical (unpaired) electrons. The van der Waals surface area contributed by atoms with Gasteiger partial charge in [-0.3, -0.25) is 0 Å². The van der Waals surface area contributed by atoms with E-state index in [2.05, 4.69) is 25.6 Å². The van der Waals surface area contributed by atoms with Gasteiger partial charge >= 0.3 is 0 Å². The Bertz CT molecular complexity index is 659. The van der Waals surface area contributed by atoms with E-state index in [4.69, 9.17) is 11.6 Å². The van der Waals surface area contributed by atoms with Crippen molar-refractivity contribution >= 4 is 48.9 Å². The van der Waals surface area contributed by atoms with Crippen LogP contribution in [0.15, 0.2) is 39.1 Å². The third-order valence-corrected chi connectivity index (χ3v) is 5.57. The number of benzene rings is 1. The van der Waals surface area contributed by atoms with Crippen LogP contribution in [0, 0.1) is 0 Å². The zero-order valence-electron chi connectivity index (χ0n) is 9.64. The number of rotatable bonds is 5. The van der Waals surface area contributed by atoms with Crippen molar-refractivity contribution in [2.45, 2.75) is 11.3 Å². The molecule has 19 heavy (non-hydrogen) atoms. The second-order valence-electron chi connectivity index (χ2n) is 3.65. The summed E-state index contributed by atoms with van der Waals surface area (Å²) >= 11 is 10.7. The minimum absolute atomic E-state index is 0.0801. The van der Waals surface area contributed by atoms with Crippen LogP contribution in [0.5, 0.6) is 0 Å². The molecule has 1 aromatic heterocycles. The number of hydrogen-bond donors (Lipinski definition) is 1. The molecular weight excluding hydrogens is 372 g/mol. The number of aromatic nitrogens is 1. The average molecular weight is 382 g/mol. The van der Waals surface area contributed by atoms with Crippen molar-refractivity contribution in [3.63, 3.8) is 0 Å². The quantitative estimate of drug-likeness (QED) is 0.866. The number of halogens is 2. The molecule has 0 saturated heterocycles. The van der Waals surface area contributed by atoms with E-state index in [9.17, 15) is 8.42 Å². The van der Waals surface area contributed by atoms with Crippen molar-refractivity contribution in [3.8, 4) is 0 Å². The van der Waals surface area contributed by atoms with Crippen molar-refractivity contribution in [3.05, 3.63) is 44.3 Å². The van der Waals surface area contributed by atoms with Gasteiger partial charge in [-0.25, -0.2) is 18.1 Å². The fourth-order valence-corrected chi connectivity index (χ4v) is 4.13. The zero-order chi connectivity index (χ0) is 13.9. The number of hydrogen-bond acceptors (Lipinski definition) is 4. The van der Waals surface area contributed by atoms with Gasteiger partial charge < -0.3 is 0 Å². The van der Waals surface area contributed by atoms with Crippen LogP contribution in [0.1, 0.15) is 5.01 Å². The van der Waals surface area contributed by atoms with Crippen LogP contribution in [0.3, 0.4) is 0 Å². The number of thiazole rings is 1. The van der Waals surface area contributed by atoms with Crippen LogP contribution < -0.4 is 4.72 Å². The Morgan fingerprint density at radius 3 is 2.84 bits per heavy atom. The number of nitrogens with zero attached hydrogens (tertiary/aromatic N) is 1. The summed E-state index contributed by atoms with van der Waals surface area (Å²) in [6, 6.07) is 4.66. The number of sulfonamides is 1. The monoisotopic (exact) mass is 380 g/mol. The molecule has 2 rings (SSSR count). The highest BCUT2D eigenvalue weighted by Gasteiger charge is 2.17. The Morgan fingerprint density at radius 2 is 2.21 bits per heavy atom. The first kappa shape index (κ1) is 14.9. The number of nitrogens with one attached hydrogen (secondary N) is 1. The molecule has 0 aliphatic rings. The van der Waals surface area contributed by atoms with E-state index in [1.54, 1.807) is 18.3 Å². The van der Waals surface area contributed by atoms with Gasteiger partial charge in [-0.15, -0.1) is 11.3 Å². The molecule has 0 spiro atoms. The SMILES string of the molecule is O=S(=O)(NCCc1nccs1)c1ccc(Br)cc1Cl. The van der Waals surface area contributed by atoms with Crippen molar-refractivity contribution in [2.24, 2.45) is 0 Å². The molecule has 4 nitrogen and oxygen atoms in total. The van der Waals surface area contributed by atoms with Crippen molar-refractivity contribution in [1.29, 1.82) is 0 Å². The molecule has 0 fully saturated rings. The Hall–Kier alpha value is -0.470. The maximum atomic E-state index is 12.1. The maximum absolute atomic E-state index is 12.1. The highest BCUT2D eigenvalue weighted by molar-refractivity contribution is 9.10. The normalized spacial score (nSPS) is 11.7. The minimum Gasteiger partial charge on any atom is -0.250 e. The average Bonchev–Trinajstić information content (AvgIpc) is 2.81. The minimum atomic E-state index is -3.59. The van der Waals surface area contributed by atoms with E-state index in [-0.39, 0.29) is 9.92 Å². The van der Waals surface area contributed by atoms with Gasteiger partial charge in [-0.2, -0.15) is 0 Å².